The van der Waals surface area contributed by atoms with Gasteiger partial charge in [-0.2, -0.15) is 0 Å². The summed E-state index contributed by atoms with van der Waals surface area (Å²) < 4.78 is 0. The molecular formula is C8H9NOS. The van der Waals surface area contributed by atoms with E-state index in [0.29, 0.717) is 5.56 Å². The van der Waals surface area contributed by atoms with Crippen LogP contribution in [0.3, 0.4) is 0 Å². The lowest BCUT2D eigenvalue weighted by atomic mass is 10.2. The predicted molar refractivity (Wildman–Crippen MR) is 46.9 cm³/mol. The van der Waals surface area contributed by atoms with Crippen molar-refractivity contribution in [1.29, 1.82) is 0 Å². The Hall–Kier alpha value is -0.830. The zero-order valence-corrected chi connectivity index (χ0v) is 7.14. The smallest absolute Gasteiger partial charge is 0.218 e. The van der Waals surface area contributed by atoms with Crippen molar-refractivity contribution in [2.45, 2.75) is 13.3 Å². The molecule has 0 fully saturated rings. The van der Waals surface area contributed by atoms with Crippen LogP contribution in [0.15, 0.2) is 18.3 Å². The molecule has 3 heteroatoms. The summed E-state index contributed by atoms with van der Waals surface area (Å²) in [5.41, 5.74) is 1.42. The molecule has 0 amide bonds. The first kappa shape index (κ1) is 8.27. The van der Waals surface area contributed by atoms with Gasteiger partial charge in [0.15, 0.2) is 0 Å². The van der Waals surface area contributed by atoms with Crippen molar-refractivity contribution >= 4 is 17.7 Å². The Morgan fingerprint density at radius 2 is 2.45 bits per heavy atom. The fourth-order valence-electron chi connectivity index (χ4n) is 0.914. The first-order valence-electron chi connectivity index (χ1n) is 3.43. The highest BCUT2D eigenvalue weighted by atomic mass is 32.1. The second kappa shape index (κ2) is 3.53. The third kappa shape index (κ3) is 1.80. The normalized spacial score (nSPS) is 9.64. The first-order valence-corrected chi connectivity index (χ1v) is 3.87. The van der Waals surface area contributed by atoms with Crippen LogP contribution in [0.5, 0.6) is 0 Å². The highest BCUT2D eigenvalue weighted by molar-refractivity contribution is 7.97. The van der Waals surface area contributed by atoms with E-state index < -0.39 is 0 Å². The van der Waals surface area contributed by atoms with Crippen molar-refractivity contribution < 1.29 is 4.79 Å². The molecule has 0 aliphatic heterocycles. The van der Waals surface area contributed by atoms with Gasteiger partial charge in [0.2, 0.25) is 5.12 Å². The lowest BCUT2D eigenvalue weighted by Crippen LogP contribution is -1.98. The summed E-state index contributed by atoms with van der Waals surface area (Å²) in [4.78, 5) is 14.9. The van der Waals surface area contributed by atoms with Crippen molar-refractivity contribution in [1.82, 2.24) is 4.98 Å². The van der Waals surface area contributed by atoms with Crippen LogP contribution in [-0.4, -0.2) is 10.1 Å². The highest BCUT2D eigenvalue weighted by Crippen LogP contribution is 2.08. The minimum Gasteiger partial charge on any atom is -0.282 e. The van der Waals surface area contributed by atoms with E-state index in [9.17, 15) is 4.79 Å². The van der Waals surface area contributed by atoms with Crippen molar-refractivity contribution in [3.05, 3.63) is 29.6 Å². The number of aromatic nitrogens is 1. The average molecular weight is 167 g/mol. The monoisotopic (exact) mass is 167 g/mol. The van der Waals surface area contributed by atoms with Crippen LogP contribution in [0.1, 0.15) is 23.0 Å². The van der Waals surface area contributed by atoms with Crippen LogP contribution < -0.4 is 0 Å². The van der Waals surface area contributed by atoms with E-state index >= 15 is 0 Å². The minimum absolute atomic E-state index is 0.213. The number of pyridine rings is 1. The lowest BCUT2D eigenvalue weighted by molar-refractivity contribution is 0.109. The second-order valence-corrected chi connectivity index (χ2v) is 2.56. The zero-order valence-electron chi connectivity index (χ0n) is 6.24. The van der Waals surface area contributed by atoms with E-state index in [-0.39, 0.29) is 5.12 Å². The molecule has 1 rings (SSSR count). The number of carbonyl (C=O) groups excluding carboxylic acids is 1. The number of aryl methyl sites for hydroxylation is 1. The number of thiol groups is 1. The Balaban J connectivity index is 3.12. The molecule has 0 saturated carbocycles. The van der Waals surface area contributed by atoms with Gasteiger partial charge in [-0.1, -0.05) is 6.92 Å². The van der Waals surface area contributed by atoms with Crippen LogP contribution in [0.4, 0.5) is 0 Å². The Bertz CT molecular complexity index is 273. The van der Waals surface area contributed by atoms with Crippen LogP contribution in [0.2, 0.25) is 0 Å². The number of rotatable bonds is 2. The third-order valence-corrected chi connectivity index (χ3v) is 1.70. The lowest BCUT2D eigenvalue weighted by Gasteiger charge is -1.99. The number of hydrogen-bond acceptors (Lipinski definition) is 2. The van der Waals surface area contributed by atoms with E-state index in [2.05, 4.69) is 17.6 Å². The third-order valence-electron chi connectivity index (χ3n) is 1.46. The maximum atomic E-state index is 10.8. The molecule has 0 aliphatic carbocycles. The predicted octanol–water partition coefficient (Wildman–Crippen LogP) is 1.71. The molecule has 0 N–H and O–H groups in total. The quantitative estimate of drug-likeness (QED) is 0.680. The molecule has 1 aromatic rings. The Morgan fingerprint density at radius 1 is 1.73 bits per heavy atom. The molecule has 0 aromatic carbocycles. The van der Waals surface area contributed by atoms with Crippen LogP contribution in [0, 0.1) is 0 Å². The molecule has 0 radical (unpaired) electrons. The summed E-state index contributed by atoms with van der Waals surface area (Å²) in [5, 5.41) is -0.213. The average Bonchev–Trinajstić information content (AvgIpc) is 2.04. The van der Waals surface area contributed by atoms with Gasteiger partial charge in [0, 0.05) is 11.8 Å². The molecule has 0 atom stereocenters. The van der Waals surface area contributed by atoms with Gasteiger partial charge in [0.05, 0.1) is 5.69 Å². The standard InChI is InChI=1S/C8H9NOS/c1-2-7-6(8(10)11)4-3-5-9-7/h3-5H,2H2,1H3,(H,10,11). The number of carbonyl (C=O) groups is 1. The second-order valence-electron chi connectivity index (χ2n) is 2.16. The van der Waals surface area contributed by atoms with E-state index in [1.54, 1.807) is 18.3 Å². The molecule has 11 heavy (non-hydrogen) atoms. The van der Waals surface area contributed by atoms with Crippen molar-refractivity contribution in [2.24, 2.45) is 0 Å². The highest BCUT2D eigenvalue weighted by Gasteiger charge is 2.05. The topological polar surface area (TPSA) is 30.0 Å². The molecule has 0 spiro atoms. The summed E-state index contributed by atoms with van der Waals surface area (Å²) in [7, 11) is 0. The molecule has 0 bridgehead atoms. The summed E-state index contributed by atoms with van der Waals surface area (Å²) in [6, 6.07) is 3.48. The SMILES string of the molecule is CCc1ncccc1C(=O)S. The maximum absolute atomic E-state index is 10.8. The maximum Gasteiger partial charge on any atom is 0.218 e. The molecule has 0 aliphatic rings. The van der Waals surface area contributed by atoms with Crippen LogP contribution in [-0.2, 0) is 6.42 Å². The molecule has 0 saturated heterocycles. The van der Waals surface area contributed by atoms with E-state index in [4.69, 9.17) is 0 Å². The fraction of sp³-hybridized carbons (Fsp3) is 0.250. The molecule has 2 nitrogen and oxygen atoms in total. The van der Waals surface area contributed by atoms with E-state index in [0.717, 1.165) is 12.1 Å². The van der Waals surface area contributed by atoms with Gasteiger partial charge < -0.3 is 0 Å². The first-order chi connectivity index (χ1) is 5.25. The molecule has 58 valence electrons. The molecule has 1 heterocycles. The van der Waals surface area contributed by atoms with E-state index in [1.807, 2.05) is 6.92 Å². The largest absolute Gasteiger partial charge is 0.282 e. The summed E-state index contributed by atoms with van der Waals surface area (Å²) in [6.45, 7) is 1.96. The van der Waals surface area contributed by atoms with Crippen LogP contribution >= 0.6 is 12.6 Å². The molecule has 0 unspecified atom stereocenters. The van der Waals surface area contributed by atoms with E-state index in [1.165, 1.54) is 0 Å². The van der Waals surface area contributed by atoms with Gasteiger partial charge in [0.25, 0.3) is 0 Å². The van der Waals surface area contributed by atoms with Gasteiger partial charge in [-0.3, -0.25) is 9.78 Å². The van der Waals surface area contributed by atoms with Crippen molar-refractivity contribution in [3.63, 3.8) is 0 Å². The summed E-state index contributed by atoms with van der Waals surface area (Å²) in [5.74, 6) is 0. The fourth-order valence-corrected chi connectivity index (χ4v) is 1.12. The Kier molecular flexibility index (Phi) is 2.65. The zero-order chi connectivity index (χ0) is 8.27. The number of nitrogens with zero attached hydrogens (tertiary/aromatic N) is 1. The molecular weight excluding hydrogens is 158 g/mol. The van der Waals surface area contributed by atoms with Gasteiger partial charge >= 0.3 is 0 Å². The Labute approximate surface area is 71.1 Å². The van der Waals surface area contributed by atoms with Gasteiger partial charge in [-0.15, -0.1) is 12.6 Å². The summed E-state index contributed by atoms with van der Waals surface area (Å²) in [6.07, 6.45) is 2.45. The van der Waals surface area contributed by atoms with Gasteiger partial charge in [0.1, 0.15) is 0 Å². The van der Waals surface area contributed by atoms with Crippen molar-refractivity contribution in [3.8, 4) is 0 Å². The Morgan fingerprint density at radius 3 is 2.91 bits per heavy atom. The molecule has 1 aromatic heterocycles. The van der Waals surface area contributed by atoms with Crippen molar-refractivity contribution in [2.75, 3.05) is 0 Å². The summed E-state index contributed by atoms with van der Waals surface area (Å²) >= 11 is 3.73. The number of hydrogen-bond donors (Lipinski definition) is 1. The van der Waals surface area contributed by atoms with Gasteiger partial charge in [-0.25, -0.2) is 0 Å². The minimum atomic E-state index is -0.213. The van der Waals surface area contributed by atoms with Gasteiger partial charge in [-0.05, 0) is 18.6 Å². The van der Waals surface area contributed by atoms with Crippen LogP contribution in [0.25, 0.3) is 0 Å².